The predicted octanol–water partition coefficient (Wildman–Crippen LogP) is 5.71. The van der Waals surface area contributed by atoms with E-state index in [0.717, 1.165) is 4.90 Å². The molecular weight excluding hydrogens is 385 g/mol. The third-order valence-electron chi connectivity index (χ3n) is 3.76. The molecule has 3 nitrogen and oxygen atoms in total. The van der Waals surface area contributed by atoms with Crippen LogP contribution in [0.25, 0.3) is 0 Å². The van der Waals surface area contributed by atoms with E-state index in [-0.39, 0.29) is 23.3 Å². The van der Waals surface area contributed by atoms with Crippen LogP contribution in [0.2, 0.25) is 5.02 Å². The zero-order chi connectivity index (χ0) is 19.2. The number of ketones is 1. The van der Waals surface area contributed by atoms with E-state index in [9.17, 15) is 14.0 Å². The highest BCUT2D eigenvalue weighted by Crippen LogP contribution is 2.23. The Morgan fingerprint density at radius 1 is 0.926 bits per heavy atom. The largest absolute Gasteiger partial charge is 0.322 e. The second-order valence-electron chi connectivity index (χ2n) is 5.68. The smallest absolute Gasteiger partial charge is 0.255 e. The minimum absolute atomic E-state index is 0.0423. The van der Waals surface area contributed by atoms with Crippen molar-refractivity contribution in [2.75, 3.05) is 11.1 Å². The van der Waals surface area contributed by atoms with Crippen LogP contribution in [-0.2, 0) is 0 Å². The number of benzene rings is 3. The van der Waals surface area contributed by atoms with Crippen LogP contribution >= 0.6 is 23.4 Å². The summed E-state index contributed by atoms with van der Waals surface area (Å²) in [6, 6.07) is 19.5. The van der Waals surface area contributed by atoms with E-state index in [4.69, 9.17) is 11.6 Å². The Morgan fingerprint density at radius 3 is 2.26 bits per heavy atom. The van der Waals surface area contributed by atoms with Crippen LogP contribution < -0.4 is 5.32 Å². The highest BCUT2D eigenvalue weighted by Gasteiger charge is 2.10. The maximum absolute atomic E-state index is 12.9. The van der Waals surface area contributed by atoms with E-state index < -0.39 is 0 Å². The normalized spacial score (nSPS) is 10.4. The van der Waals surface area contributed by atoms with Gasteiger partial charge in [-0.05, 0) is 60.7 Å². The minimum Gasteiger partial charge on any atom is -0.322 e. The second kappa shape index (κ2) is 8.84. The number of carbonyl (C=O) groups is 2. The summed E-state index contributed by atoms with van der Waals surface area (Å²) in [6.07, 6.45) is 0. The zero-order valence-electron chi connectivity index (χ0n) is 14.1. The maximum atomic E-state index is 12.9. The summed E-state index contributed by atoms with van der Waals surface area (Å²) in [5.41, 5.74) is 1.50. The van der Waals surface area contributed by atoms with E-state index in [2.05, 4.69) is 5.32 Å². The molecule has 3 aromatic carbocycles. The Labute approximate surface area is 165 Å². The number of thioether (sulfide) groups is 1. The molecule has 27 heavy (non-hydrogen) atoms. The number of rotatable bonds is 6. The first kappa shape index (κ1) is 19.1. The number of amides is 1. The number of Topliss-reactive ketones (excluding diaryl/α,β-unsaturated/α-hetero) is 1. The molecule has 3 rings (SSSR count). The quantitative estimate of drug-likeness (QED) is 0.426. The average molecular weight is 400 g/mol. The van der Waals surface area contributed by atoms with Gasteiger partial charge in [0.2, 0.25) is 0 Å². The molecule has 0 aliphatic heterocycles. The van der Waals surface area contributed by atoms with Crippen molar-refractivity contribution in [2.45, 2.75) is 4.90 Å². The molecule has 0 bridgehead atoms. The molecule has 0 spiro atoms. The highest BCUT2D eigenvalue weighted by atomic mass is 35.5. The van der Waals surface area contributed by atoms with E-state index in [1.807, 2.05) is 12.1 Å². The number of hydrogen-bond donors (Lipinski definition) is 1. The van der Waals surface area contributed by atoms with Gasteiger partial charge in [0.1, 0.15) is 5.82 Å². The van der Waals surface area contributed by atoms with Crippen molar-refractivity contribution < 1.29 is 14.0 Å². The molecule has 0 unspecified atom stereocenters. The number of hydrogen-bond acceptors (Lipinski definition) is 3. The van der Waals surface area contributed by atoms with Crippen LogP contribution in [0.4, 0.5) is 10.1 Å². The third kappa shape index (κ3) is 5.18. The molecule has 0 saturated heterocycles. The molecule has 0 aliphatic carbocycles. The summed E-state index contributed by atoms with van der Waals surface area (Å²) in [6.45, 7) is 0. The lowest BCUT2D eigenvalue weighted by Crippen LogP contribution is -2.11. The molecular formula is C21H15ClFNO2S. The molecule has 0 saturated carbocycles. The molecule has 0 radical (unpaired) electrons. The van der Waals surface area contributed by atoms with Crippen LogP contribution in [-0.4, -0.2) is 17.4 Å². The van der Waals surface area contributed by atoms with Crippen LogP contribution in [0.15, 0.2) is 77.7 Å². The molecule has 6 heteroatoms. The molecule has 0 fully saturated rings. The fourth-order valence-electron chi connectivity index (χ4n) is 2.35. The number of anilines is 1. The van der Waals surface area contributed by atoms with Crippen molar-refractivity contribution in [3.63, 3.8) is 0 Å². The molecule has 1 N–H and O–H groups in total. The summed E-state index contributed by atoms with van der Waals surface area (Å²) in [7, 11) is 0. The van der Waals surface area contributed by atoms with Crippen LogP contribution in [0, 0.1) is 5.82 Å². The van der Waals surface area contributed by atoms with Gasteiger partial charge in [0.25, 0.3) is 5.91 Å². The predicted molar refractivity (Wildman–Crippen MR) is 107 cm³/mol. The summed E-state index contributed by atoms with van der Waals surface area (Å²) in [5, 5.41) is 3.19. The monoisotopic (exact) mass is 399 g/mol. The van der Waals surface area contributed by atoms with Gasteiger partial charge in [0.05, 0.1) is 10.8 Å². The van der Waals surface area contributed by atoms with Gasteiger partial charge in [-0.25, -0.2) is 4.39 Å². The lowest BCUT2D eigenvalue weighted by Gasteiger charge is -2.07. The van der Waals surface area contributed by atoms with Gasteiger partial charge in [-0.15, -0.1) is 11.8 Å². The summed E-state index contributed by atoms with van der Waals surface area (Å²) >= 11 is 7.43. The van der Waals surface area contributed by atoms with E-state index >= 15 is 0 Å². The van der Waals surface area contributed by atoms with Crippen molar-refractivity contribution in [2.24, 2.45) is 0 Å². The topological polar surface area (TPSA) is 46.2 Å². The van der Waals surface area contributed by atoms with E-state index in [1.54, 1.807) is 36.4 Å². The fraction of sp³-hybridized carbons (Fsp3) is 0.0476. The molecule has 136 valence electrons. The standard InChI is InChI=1S/C21H15ClFNO2S/c22-19-4-2-1-3-18(19)20(25)13-27-17-11-9-16(10-12-17)24-21(26)14-5-7-15(23)8-6-14/h1-12H,13H2,(H,24,26). The van der Waals surface area contributed by atoms with Crippen molar-refractivity contribution in [3.8, 4) is 0 Å². The molecule has 3 aromatic rings. The third-order valence-corrected chi connectivity index (χ3v) is 5.10. The SMILES string of the molecule is O=C(Nc1ccc(SCC(=O)c2ccccc2Cl)cc1)c1ccc(F)cc1. The Bertz CT molecular complexity index is 959. The van der Waals surface area contributed by atoms with Gasteiger partial charge in [0.15, 0.2) is 5.78 Å². The Hall–Kier alpha value is -2.63. The number of nitrogens with one attached hydrogen (secondary N) is 1. The van der Waals surface area contributed by atoms with Crippen LogP contribution in [0.3, 0.4) is 0 Å². The van der Waals surface area contributed by atoms with Gasteiger partial charge in [-0.2, -0.15) is 0 Å². The molecule has 0 atom stereocenters. The molecule has 0 aliphatic rings. The van der Waals surface area contributed by atoms with Gasteiger partial charge in [0, 0.05) is 21.7 Å². The van der Waals surface area contributed by atoms with Gasteiger partial charge >= 0.3 is 0 Å². The highest BCUT2D eigenvalue weighted by molar-refractivity contribution is 8.00. The Kier molecular flexibility index (Phi) is 6.27. The van der Waals surface area contributed by atoms with E-state index in [1.165, 1.54) is 36.0 Å². The maximum Gasteiger partial charge on any atom is 0.255 e. The Balaban J connectivity index is 1.57. The molecule has 1 amide bonds. The lowest BCUT2D eigenvalue weighted by molar-refractivity contribution is 0.101. The first-order chi connectivity index (χ1) is 13.0. The summed E-state index contributed by atoms with van der Waals surface area (Å²) in [4.78, 5) is 25.3. The zero-order valence-corrected chi connectivity index (χ0v) is 15.7. The summed E-state index contributed by atoms with van der Waals surface area (Å²) in [5.74, 6) is -0.478. The second-order valence-corrected chi connectivity index (χ2v) is 7.13. The van der Waals surface area contributed by atoms with Crippen molar-refractivity contribution in [1.82, 2.24) is 0 Å². The van der Waals surface area contributed by atoms with Crippen molar-refractivity contribution >= 4 is 40.7 Å². The van der Waals surface area contributed by atoms with E-state index in [0.29, 0.717) is 21.8 Å². The van der Waals surface area contributed by atoms with Crippen LogP contribution in [0.5, 0.6) is 0 Å². The Morgan fingerprint density at radius 2 is 1.59 bits per heavy atom. The number of halogens is 2. The molecule has 0 heterocycles. The average Bonchev–Trinajstić information content (AvgIpc) is 2.68. The lowest BCUT2D eigenvalue weighted by atomic mass is 10.1. The first-order valence-corrected chi connectivity index (χ1v) is 9.47. The van der Waals surface area contributed by atoms with Gasteiger partial charge in [-0.3, -0.25) is 9.59 Å². The fourth-order valence-corrected chi connectivity index (χ4v) is 3.38. The van der Waals surface area contributed by atoms with Crippen LogP contribution in [0.1, 0.15) is 20.7 Å². The van der Waals surface area contributed by atoms with Gasteiger partial charge in [-0.1, -0.05) is 23.7 Å². The first-order valence-electron chi connectivity index (χ1n) is 8.10. The van der Waals surface area contributed by atoms with Gasteiger partial charge < -0.3 is 5.32 Å². The number of carbonyl (C=O) groups excluding carboxylic acids is 2. The van der Waals surface area contributed by atoms with Crippen molar-refractivity contribution in [1.29, 1.82) is 0 Å². The summed E-state index contributed by atoms with van der Waals surface area (Å²) < 4.78 is 12.9. The van der Waals surface area contributed by atoms with Crippen molar-refractivity contribution in [3.05, 3.63) is 94.8 Å². The minimum atomic E-state index is -0.390. The molecule has 0 aromatic heterocycles.